The molecule has 0 unspecified atom stereocenters. The van der Waals surface area contributed by atoms with Crippen LogP contribution < -0.4 is 5.32 Å². The van der Waals surface area contributed by atoms with E-state index in [0.29, 0.717) is 22.9 Å². The molecule has 2 aromatic carbocycles. The van der Waals surface area contributed by atoms with E-state index in [2.05, 4.69) is 5.32 Å². The summed E-state index contributed by atoms with van der Waals surface area (Å²) in [5, 5.41) is 3.65. The van der Waals surface area contributed by atoms with Crippen molar-refractivity contribution in [1.29, 1.82) is 0 Å². The fourth-order valence-corrected chi connectivity index (χ4v) is 3.03. The minimum absolute atomic E-state index is 0.0767. The second-order valence-electron chi connectivity index (χ2n) is 4.82. The maximum absolute atomic E-state index is 13.8. The summed E-state index contributed by atoms with van der Waals surface area (Å²) in [7, 11) is -0.940. The Hall–Kier alpha value is -1.23. The van der Waals surface area contributed by atoms with Gasteiger partial charge in [0.25, 0.3) is 0 Å². The zero-order valence-corrected chi connectivity index (χ0v) is 13.3. The average Bonchev–Trinajstić information content (AvgIpc) is 2.45. The van der Waals surface area contributed by atoms with Gasteiger partial charge in [0.1, 0.15) is 5.82 Å². The minimum atomic E-state index is -0.940. The van der Waals surface area contributed by atoms with E-state index < -0.39 is 10.8 Å². The molecule has 0 radical (unpaired) electrons. The van der Waals surface area contributed by atoms with Crippen molar-refractivity contribution in [2.24, 2.45) is 0 Å². The molecule has 1 N–H and O–H groups in total. The van der Waals surface area contributed by atoms with Gasteiger partial charge in [-0.3, -0.25) is 4.21 Å². The lowest BCUT2D eigenvalue weighted by Gasteiger charge is -2.18. The molecule has 0 aliphatic heterocycles. The molecule has 0 heterocycles. The molecule has 5 heteroatoms. The summed E-state index contributed by atoms with van der Waals surface area (Å²) in [5.74, 6) is 0.151. The van der Waals surface area contributed by atoms with Crippen molar-refractivity contribution in [3.63, 3.8) is 0 Å². The van der Waals surface area contributed by atoms with Gasteiger partial charge in [-0.05, 0) is 17.7 Å². The monoisotopic (exact) mass is 325 g/mol. The van der Waals surface area contributed by atoms with Crippen LogP contribution in [0.25, 0.3) is 0 Å². The van der Waals surface area contributed by atoms with Crippen molar-refractivity contribution in [1.82, 2.24) is 5.32 Å². The van der Waals surface area contributed by atoms with Crippen LogP contribution >= 0.6 is 11.6 Å². The summed E-state index contributed by atoms with van der Waals surface area (Å²) in [6.45, 7) is 0.361. The Balaban J connectivity index is 2.10. The second-order valence-corrected chi connectivity index (χ2v) is 6.74. The van der Waals surface area contributed by atoms with Crippen LogP contribution in [0, 0.1) is 5.82 Å². The normalized spacial score (nSPS) is 13.9. The van der Waals surface area contributed by atoms with E-state index in [1.54, 1.807) is 18.4 Å². The van der Waals surface area contributed by atoms with Crippen LogP contribution in [0.2, 0.25) is 5.02 Å². The van der Waals surface area contributed by atoms with Crippen molar-refractivity contribution in [3.05, 3.63) is 70.5 Å². The molecule has 2 atom stereocenters. The summed E-state index contributed by atoms with van der Waals surface area (Å²) in [6, 6.07) is 14.3. The van der Waals surface area contributed by atoms with Gasteiger partial charge in [-0.2, -0.15) is 0 Å². The molecule has 2 rings (SSSR count). The fraction of sp³-hybridized carbons (Fsp3) is 0.250. The Morgan fingerprint density at radius 3 is 2.57 bits per heavy atom. The lowest BCUT2D eigenvalue weighted by molar-refractivity contribution is 0.545. The molecule has 0 amide bonds. The Morgan fingerprint density at radius 1 is 1.24 bits per heavy atom. The molecule has 0 bridgehead atoms. The predicted octanol–water partition coefficient (Wildman–Crippen LogP) is 3.69. The van der Waals surface area contributed by atoms with Crippen LogP contribution in [0.5, 0.6) is 0 Å². The van der Waals surface area contributed by atoms with Crippen LogP contribution in [0.15, 0.2) is 48.5 Å². The van der Waals surface area contributed by atoms with Gasteiger partial charge in [-0.1, -0.05) is 48.0 Å². The van der Waals surface area contributed by atoms with Crippen LogP contribution in [0.1, 0.15) is 17.2 Å². The van der Waals surface area contributed by atoms with Gasteiger partial charge in [-0.25, -0.2) is 4.39 Å². The zero-order valence-electron chi connectivity index (χ0n) is 11.7. The van der Waals surface area contributed by atoms with Crippen molar-refractivity contribution >= 4 is 22.4 Å². The Kier molecular flexibility index (Phi) is 5.91. The summed E-state index contributed by atoms with van der Waals surface area (Å²) >= 11 is 5.74. The number of hydrogen-bond acceptors (Lipinski definition) is 2. The maximum Gasteiger partial charge on any atom is 0.129 e. The molecule has 0 aromatic heterocycles. The van der Waals surface area contributed by atoms with Crippen molar-refractivity contribution < 1.29 is 8.60 Å². The Labute approximate surface area is 131 Å². The molecule has 112 valence electrons. The first-order chi connectivity index (χ1) is 10.1. The first kappa shape index (κ1) is 16.1. The number of nitrogens with one attached hydrogen (secondary N) is 1. The Morgan fingerprint density at radius 2 is 1.95 bits per heavy atom. The lowest BCUT2D eigenvalue weighted by atomic mass is 10.1. The molecule has 0 aliphatic rings. The van der Waals surface area contributed by atoms with Gasteiger partial charge in [0.05, 0.1) is 0 Å². The number of halogens is 2. The highest BCUT2D eigenvalue weighted by Crippen LogP contribution is 2.18. The van der Waals surface area contributed by atoms with Crippen LogP contribution in [0.4, 0.5) is 4.39 Å². The van der Waals surface area contributed by atoms with Gasteiger partial charge < -0.3 is 5.32 Å². The van der Waals surface area contributed by atoms with Crippen molar-refractivity contribution in [2.45, 2.75) is 12.6 Å². The van der Waals surface area contributed by atoms with Gasteiger partial charge >= 0.3 is 0 Å². The third-order valence-electron chi connectivity index (χ3n) is 3.16. The van der Waals surface area contributed by atoms with Gasteiger partial charge in [0.2, 0.25) is 0 Å². The largest absolute Gasteiger partial charge is 0.305 e. The first-order valence-electron chi connectivity index (χ1n) is 6.58. The zero-order chi connectivity index (χ0) is 15.2. The second kappa shape index (κ2) is 7.69. The smallest absolute Gasteiger partial charge is 0.129 e. The SMILES string of the molecule is C[S@](=O)C[C@@H](NCc1ccc(Cl)cc1F)c1ccccc1. The van der Waals surface area contributed by atoms with Gasteiger partial charge in [0.15, 0.2) is 0 Å². The highest BCUT2D eigenvalue weighted by Gasteiger charge is 2.13. The van der Waals surface area contributed by atoms with Crippen molar-refractivity contribution in [3.8, 4) is 0 Å². The minimum Gasteiger partial charge on any atom is -0.305 e. The van der Waals surface area contributed by atoms with E-state index in [1.165, 1.54) is 6.07 Å². The number of rotatable bonds is 6. The van der Waals surface area contributed by atoms with E-state index in [9.17, 15) is 8.60 Å². The maximum atomic E-state index is 13.8. The quantitative estimate of drug-likeness (QED) is 0.877. The first-order valence-corrected chi connectivity index (χ1v) is 8.69. The third-order valence-corrected chi connectivity index (χ3v) is 4.20. The molecule has 2 aromatic rings. The van der Waals surface area contributed by atoms with Crippen LogP contribution in [-0.2, 0) is 17.3 Å². The molecular weight excluding hydrogens is 309 g/mol. The molecule has 0 aliphatic carbocycles. The summed E-state index contributed by atoms with van der Waals surface area (Å²) in [4.78, 5) is 0. The van der Waals surface area contributed by atoms with Gasteiger partial charge in [0, 0.05) is 46.0 Å². The number of benzene rings is 2. The average molecular weight is 326 g/mol. The third kappa shape index (κ3) is 4.92. The highest BCUT2D eigenvalue weighted by molar-refractivity contribution is 7.84. The van der Waals surface area contributed by atoms with Gasteiger partial charge in [-0.15, -0.1) is 0 Å². The number of hydrogen-bond donors (Lipinski definition) is 1. The molecular formula is C16H17ClFNOS. The molecule has 0 spiro atoms. The van der Waals surface area contributed by atoms with E-state index in [-0.39, 0.29) is 11.9 Å². The Bertz CT molecular complexity index is 621. The van der Waals surface area contributed by atoms with E-state index in [4.69, 9.17) is 11.6 Å². The highest BCUT2D eigenvalue weighted by atomic mass is 35.5. The predicted molar refractivity (Wildman–Crippen MR) is 86.4 cm³/mol. The summed E-state index contributed by atoms with van der Waals surface area (Å²) < 4.78 is 25.3. The van der Waals surface area contributed by atoms with Crippen LogP contribution in [0.3, 0.4) is 0 Å². The molecule has 2 nitrogen and oxygen atoms in total. The summed E-state index contributed by atoms with van der Waals surface area (Å²) in [5.41, 5.74) is 1.59. The van der Waals surface area contributed by atoms with Crippen molar-refractivity contribution in [2.75, 3.05) is 12.0 Å². The molecule has 21 heavy (non-hydrogen) atoms. The summed E-state index contributed by atoms with van der Waals surface area (Å²) in [6.07, 6.45) is 1.67. The lowest BCUT2D eigenvalue weighted by Crippen LogP contribution is -2.26. The van der Waals surface area contributed by atoms with E-state index in [1.807, 2.05) is 30.3 Å². The van der Waals surface area contributed by atoms with E-state index in [0.717, 1.165) is 5.56 Å². The van der Waals surface area contributed by atoms with E-state index >= 15 is 0 Å². The standard InChI is InChI=1S/C16H17ClFNOS/c1-21(20)11-16(12-5-3-2-4-6-12)19-10-13-7-8-14(17)9-15(13)18/h2-9,16,19H,10-11H2,1H3/t16-,21+/m1/s1. The molecule has 0 fully saturated rings. The molecule has 0 saturated heterocycles. The fourth-order valence-electron chi connectivity index (χ4n) is 2.09. The molecule has 0 saturated carbocycles. The van der Waals surface area contributed by atoms with Crippen LogP contribution in [-0.4, -0.2) is 16.2 Å². The topological polar surface area (TPSA) is 29.1 Å².